The zero-order chi connectivity index (χ0) is 12.4. The molecule has 1 aromatic rings. The van der Waals surface area contributed by atoms with Gasteiger partial charge in [0.25, 0.3) is 0 Å². The minimum atomic E-state index is 0.325. The van der Waals surface area contributed by atoms with Gasteiger partial charge in [-0.1, -0.05) is 0 Å². The monoisotopic (exact) mass is 258 g/mol. The van der Waals surface area contributed by atoms with Gasteiger partial charge in [-0.15, -0.1) is 0 Å². The predicted molar refractivity (Wildman–Crippen MR) is 71.8 cm³/mol. The SMILES string of the molecule is C1Cc2oc(C34CC5CC(CC(C5)C3)C4)nc2CN1. The fourth-order valence-corrected chi connectivity index (χ4v) is 5.72. The summed E-state index contributed by atoms with van der Waals surface area (Å²) in [5, 5.41) is 3.41. The molecule has 4 saturated carbocycles. The lowest BCUT2D eigenvalue weighted by molar-refractivity contribution is -0.0181. The van der Waals surface area contributed by atoms with Gasteiger partial charge in [-0.25, -0.2) is 4.98 Å². The minimum absolute atomic E-state index is 0.325. The van der Waals surface area contributed by atoms with E-state index in [1.165, 1.54) is 50.0 Å². The van der Waals surface area contributed by atoms with Crippen LogP contribution in [0.2, 0.25) is 0 Å². The largest absolute Gasteiger partial charge is 0.445 e. The molecule has 6 rings (SSSR count). The van der Waals surface area contributed by atoms with Crippen molar-refractivity contribution in [2.75, 3.05) is 6.54 Å². The smallest absolute Gasteiger partial charge is 0.200 e. The highest BCUT2D eigenvalue weighted by Crippen LogP contribution is 2.60. The summed E-state index contributed by atoms with van der Waals surface area (Å²) in [7, 11) is 0. The second-order valence-electron chi connectivity index (χ2n) is 7.51. The number of hydrogen-bond acceptors (Lipinski definition) is 3. The van der Waals surface area contributed by atoms with Gasteiger partial charge in [0.2, 0.25) is 5.89 Å². The Bertz CT molecular complexity index is 460. The van der Waals surface area contributed by atoms with E-state index in [9.17, 15) is 0 Å². The van der Waals surface area contributed by atoms with Gasteiger partial charge in [0.05, 0.1) is 5.69 Å². The molecular weight excluding hydrogens is 236 g/mol. The fourth-order valence-electron chi connectivity index (χ4n) is 5.72. The van der Waals surface area contributed by atoms with Gasteiger partial charge in [-0.3, -0.25) is 0 Å². The van der Waals surface area contributed by atoms with Crippen LogP contribution in [0.4, 0.5) is 0 Å². The quantitative estimate of drug-likeness (QED) is 0.841. The molecule has 0 atom stereocenters. The van der Waals surface area contributed by atoms with E-state index in [0.29, 0.717) is 5.41 Å². The maximum Gasteiger partial charge on any atom is 0.200 e. The van der Waals surface area contributed by atoms with Gasteiger partial charge < -0.3 is 9.73 Å². The van der Waals surface area contributed by atoms with E-state index in [1.807, 2.05) is 0 Å². The number of aromatic nitrogens is 1. The predicted octanol–water partition coefficient (Wildman–Crippen LogP) is 2.79. The minimum Gasteiger partial charge on any atom is -0.445 e. The van der Waals surface area contributed by atoms with Crippen molar-refractivity contribution in [2.45, 2.75) is 56.9 Å². The summed E-state index contributed by atoms with van der Waals surface area (Å²) < 4.78 is 6.24. The third-order valence-electron chi connectivity index (χ3n) is 6.09. The van der Waals surface area contributed by atoms with Crippen molar-refractivity contribution in [1.82, 2.24) is 10.3 Å². The Morgan fingerprint density at radius 1 is 1.05 bits per heavy atom. The Balaban J connectivity index is 1.56. The molecule has 1 aromatic heterocycles. The Morgan fingerprint density at radius 2 is 1.74 bits per heavy atom. The van der Waals surface area contributed by atoms with Gasteiger partial charge in [0.1, 0.15) is 5.76 Å². The highest BCUT2D eigenvalue weighted by atomic mass is 16.4. The molecule has 3 heteroatoms. The average Bonchev–Trinajstić information content (AvgIpc) is 2.81. The first-order chi connectivity index (χ1) is 9.31. The summed E-state index contributed by atoms with van der Waals surface area (Å²) in [6, 6.07) is 0. The first kappa shape index (κ1) is 10.9. The van der Waals surface area contributed by atoms with Crippen LogP contribution in [-0.2, 0) is 18.4 Å². The molecule has 102 valence electrons. The normalized spacial score (nSPS) is 43.5. The van der Waals surface area contributed by atoms with Crippen LogP contribution in [0, 0.1) is 17.8 Å². The molecule has 0 amide bonds. The van der Waals surface area contributed by atoms with Crippen LogP contribution in [0.5, 0.6) is 0 Å². The average molecular weight is 258 g/mol. The van der Waals surface area contributed by atoms with Crippen molar-refractivity contribution < 1.29 is 4.42 Å². The highest BCUT2D eigenvalue weighted by Gasteiger charge is 2.54. The Kier molecular flexibility index (Phi) is 2.08. The Morgan fingerprint density at radius 3 is 2.37 bits per heavy atom. The van der Waals surface area contributed by atoms with E-state index in [4.69, 9.17) is 9.40 Å². The molecule has 2 heterocycles. The summed E-state index contributed by atoms with van der Waals surface area (Å²) in [6.07, 6.45) is 9.54. The lowest BCUT2D eigenvalue weighted by atomic mass is 9.49. The van der Waals surface area contributed by atoms with E-state index in [2.05, 4.69) is 5.32 Å². The van der Waals surface area contributed by atoms with Crippen LogP contribution in [0.15, 0.2) is 4.42 Å². The number of hydrogen-bond donors (Lipinski definition) is 1. The topological polar surface area (TPSA) is 38.1 Å². The molecule has 3 nitrogen and oxygen atoms in total. The van der Waals surface area contributed by atoms with Crippen molar-refractivity contribution in [3.05, 3.63) is 17.3 Å². The first-order valence-corrected chi connectivity index (χ1v) is 8.00. The molecule has 1 aliphatic heterocycles. The van der Waals surface area contributed by atoms with Crippen molar-refractivity contribution in [2.24, 2.45) is 17.8 Å². The van der Waals surface area contributed by atoms with Crippen LogP contribution in [0.25, 0.3) is 0 Å². The van der Waals surface area contributed by atoms with Crippen LogP contribution >= 0.6 is 0 Å². The van der Waals surface area contributed by atoms with E-state index >= 15 is 0 Å². The van der Waals surface area contributed by atoms with Crippen LogP contribution in [-0.4, -0.2) is 11.5 Å². The van der Waals surface area contributed by atoms with Gasteiger partial charge in [-0.05, 0) is 56.3 Å². The molecule has 0 aromatic carbocycles. The van der Waals surface area contributed by atoms with Crippen molar-refractivity contribution in [1.29, 1.82) is 0 Å². The zero-order valence-corrected chi connectivity index (χ0v) is 11.5. The van der Waals surface area contributed by atoms with Gasteiger partial charge in [-0.2, -0.15) is 0 Å². The summed E-state index contributed by atoms with van der Waals surface area (Å²) in [5.74, 6) is 5.18. The Hall–Kier alpha value is -0.830. The zero-order valence-electron chi connectivity index (χ0n) is 11.5. The third-order valence-corrected chi connectivity index (χ3v) is 6.09. The fraction of sp³-hybridized carbons (Fsp3) is 0.812. The highest BCUT2D eigenvalue weighted by molar-refractivity contribution is 5.21. The number of nitrogens with one attached hydrogen (secondary N) is 1. The van der Waals surface area contributed by atoms with Crippen molar-refractivity contribution >= 4 is 0 Å². The number of rotatable bonds is 1. The second-order valence-corrected chi connectivity index (χ2v) is 7.51. The maximum absolute atomic E-state index is 6.24. The second kappa shape index (κ2) is 3.63. The third kappa shape index (κ3) is 1.51. The number of nitrogens with zero attached hydrogens (tertiary/aromatic N) is 1. The van der Waals surface area contributed by atoms with E-state index in [-0.39, 0.29) is 0 Å². The molecule has 19 heavy (non-hydrogen) atoms. The molecule has 0 spiro atoms. The van der Waals surface area contributed by atoms with E-state index < -0.39 is 0 Å². The van der Waals surface area contributed by atoms with Crippen LogP contribution in [0.3, 0.4) is 0 Å². The van der Waals surface area contributed by atoms with Crippen molar-refractivity contribution in [3.8, 4) is 0 Å². The van der Waals surface area contributed by atoms with E-state index in [1.54, 1.807) is 0 Å². The first-order valence-electron chi connectivity index (χ1n) is 8.00. The molecule has 1 N–H and O–H groups in total. The van der Waals surface area contributed by atoms with Gasteiger partial charge in [0, 0.05) is 24.9 Å². The number of fused-ring (bicyclic) bond motifs is 1. The lowest BCUT2D eigenvalue weighted by Gasteiger charge is -2.55. The summed E-state index contributed by atoms with van der Waals surface area (Å²) in [6.45, 7) is 1.95. The van der Waals surface area contributed by atoms with E-state index in [0.717, 1.165) is 43.2 Å². The lowest BCUT2D eigenvalue weighted by Crippen LogP contribution is -2.48. The maximum atomic E-state index is 6.24. The molecule has 4 aliphatic carbocycles. The van der Waals surface area contributed by atoms with Crippen molar-refractivity contribution in [3.63, 3.8) is 0 Å². The molecule has 0 unspecified atom stereocenters. The molecule has 4 bridgehead atoms. The standard InChI is InChI=1S/C16H22N2O/c1-2-17-9-13-14(1)19-15(18-13)16-6-10-3-11(7-16)5-12(4-10)8-16/h10-12,17H,1-9H2. The van der Waals surface area contributed by atoms with Gasteiger partial charge in [0.15, 0.2) is 0 Å². The van der Waals surface area contributed by atoms with Crippen LogP contribution in [0.1, 0.15) is 55.9 Å². The summed E-state index contributed by atoms with van der Waals surface area (Å²) in [4.78, 5) is 4.91. The molecule has 0 radical (unpaired) electrons. The molecular formula is C16H22N2O. The number of oxazole rings is 1. The van der Waals surface area contributed by atoms with Gasteiger partial charge >= 0.3 is 0 Å². The molecule has 0 saturated heterocycles. The molecule has 5 aliphatic rings. The molecule has 4 fully saturated rings. The summed E-state index contributed by atoms with van der Waals surface area (Å²) in [5.41, 5.74) is 1.52. The van der Waals surface area contributed by atoms with Crippen LogP contribution < -0.4 is 5.32 Å². The Labute approximate surface area is 114 Å². The summed E-state index contributed by atoms with van der Waals surface area (Å²) >= 11 is 0.